The van der Waals surface area contributed by atoms with E-state index in [0.29, 0.717) is 0 Å². The maximum atomic E-state index is 3.99. The molecule has 1 aromatic heterocycles. The van der Waals surface area contributed by atoms with Crippen molar-refractivity contribution in [2.45, 2.75) is 27.2 Å². The summed E-state index contributed by atoms with van der Waals surface area (Å²) in [5, 5.41) is 2.62. The Balaban J connectivity index is 1.68. The SMILES string of the molecule is C=CC1=CC/C(=C\C)N1c1ccc(-n2c3ccc(C)cc3c3cc(C)ccc32)cc1. The van der Waals surface area contributed by atoms with E-state index >= 15 is 0 Å². The number of allylic oxidation sites excluding steroid dienone is 3. The largest absolute Gasteiger partial charge is 0.315 e. The highest BCUT2D eigenvalue weighted by atomic mass is 15.2. The van der Waals surface area contributed by atoms with Crippen molar-refractivity contribution in [3.05, 3.63) is 108 Å². The lowest BCUT2D eigenvalue weighted by molar-refractivity contribution is 1.11. The molecule has 0 saturated heterocycles. The number of aryl methyl sites for hydroxylation is 2. The molecule has 2 nitrogen and oxygen atoms in total. The van der Waals surface area contributed by atoms with Gasteiger partial charge >= 0.3 is 0 Å². The van der Waals surface area contributed by atoms with Gasteiger partial charge in [-0.15, -0.1) is 0 Å². The second-order valence-corrected chi connectivity index (χ2v) is 8.05. The fourth-order valence-corrected chi connectivity index (χ4v) is 4.57. The highest BCUT2D eigenvalue weighted by molar-refractivity contribution is 6.09. The summed E-state index contributed by atoms with van der Waals surface area (Å²) >= 11 is 0. The highest BCUT2D eigenvalue weighted by Gasteiger charge is 2.20. The smallest absolute Gasteiger partial charge is 0.0541 e. The molecular formula is C28H26N2. The molecule has 5 rings (SSSR count). The Bertz CT molecular complexity index is 1290. The van der Waals surface area contributed by atoms with Crippen molar-refractivity contribution >= 4 is 27.5 Å². The van der Waals surface area contributed by atoms with Crippen molar-refractivity contribution < 1.29 is 0 Å². The summed E-state index contributed by atoms with van der Waals surface area (Å²) in [7, 11) is 0. The van der Waals surface area contributed by atoms with Gasteiger partial charge < -0.3 is 9.47 Å². The number of nitrogens with zero attached hydrogens (tertiary/aromatic N) is 2. The molecule has 0 saturated carbocycles. The van der Waals surface area contributed by atoms with Crippen molar-refractivity contribution in [1.29, 1.82) is 0 Å². The van der Waals surface area contributed by atoms with Gasteiger partial charge in [0.2, 0.25) is 0 Å². The lowest BCUT2D eigenvalue weighted by Gasteiger charge is -2.23. The van der Waals surface area contributed by atoms with Crippen LogP contribution in [0.3, 0.4) is 0 Å². The molecule has 0 aliphatic carbocycles. The third kappa shape index (κ3) is 2.80. The van der Waals surface area contributed by atoms with Gasteiger partial charge in [0, 0.05) is 40.0 Å². The standard InChI is InChI=1S/C28H26N2/c1-5-21-9-10-22(6-2)29(21)23-11-13-24(14-12-23)30-27-15-7-19(3)17-25(27)26-18-20(4)8-16-28(26)30/h5-9,11-18H,1,10H2,2-4H3/b22-6+. The molecule has 148 valence electrons. The van der Waals surface area contributed by atoms with Crippen molar-refractivity contribution in [3.63, 3.8) is 0 Å². The van der Waals surface area contributed by atoms with Gasteiger partial charge in [0.25, 0.3) is 0 Å². The second-order valence-electron chi connectivity index (χ2n) is 8.05. The Labute approximate surface area is 178 Å². The van der Waals surface area contributed by atoms with Gasteiger partial charge in [-0.05, 0) is 75.4 Å². The molecule has 0 bridgehead atoms. The number of benzene rings is 3. The summed E-state index contributed by atoms with van der Waals surface area (Å²) in [6.07, 6.45) is 7.29. The van der Waals surface area contributed by atoms with Gasteiger partial charge in [-0.1, -0.05) is 42.0 Å². The predicted molar refractivity (Wildman–Crippen MR) is 129 cm³/mol. The number of fused-ring (bicyclic) bond motifs is 3. The maximum Gasteiger partial charge on any atom is 0.0541 e. The summed E-state index contributed by atoms with van der Waals surface area (Å²) in [6.45, 7) is 10.4. The Morgan fingerprint density at radius 3 is 1.90 bits per heavy atom. The number of hydrogen-bond donors (Lipinski definition) is 0. The Morgan fingerprint density at radius 2 is 1.37 bits per heavy atom. The molecule has 1 aliphatic heterocycles. The fraction of sp³-hybridized carbons (Fsp3) is 0.143. The van der Waals surface area contributed by atoms with Crippen molar-refractivity contribution in [1.82, 2.24) is 4.57 Å². The number of aromatic nitrogens is 1. The molecule has 0 fully saturated rings. The van der Waals surface area contributed by atoms with Crippen molar-refractivity contribution in [3.8, 4) is 5.69 Å². The average Bonchev–Trinajstić information content (AvgIpc) is 3.32. The van der Waals surface area contributed by atoms with Crippen LogP contribution in [-0.2, 0) is 0 Å². The Morgan fingerprint density at radius 1 is 0.800 bits per heavy atom. The van der Waals surface area contributed by atoms with Crippen LogP contribution in [0.4, 0.5) is 5.69 Å². The minimum Gasteiger partial charge on any atom is -0.315 e. The zero-order valence-electron chi connectivity index (χ0n) is 17.8. The third-order valence-electron chi connectivity index (χ3n) is 6.05. The van der Waals surface area contributed by atoms with E-state index in [9.17, 15) is 0 Å². The van der Waals surface area contributed by atoms with Gasteiger partial charge in [-0.2, -0.15) is 0 Å². The molecule has 2 heterocycles. The van der Waals surface area contributed by atoms with Crippen LogP contribution in [0.25, 0.3) is 27.5 Å². The second kappa shape index (κ2) is 7.07. The minimum atomic E-state index is 0.950. The number of rotatable bonds is 3. The minimum absolute atomic E-state index is 0.950. The molecule has 2 heteroatoms. The summed E-state index contributed by atoms with van der Waals surface area (Å²) in [5.74, 6) is 0. The van der Waals surface area contributed by atoms with Crippen LogP contribution in [-0.4, -0.2) is 4.57 Å². The molecule has 4 aromatic rings. The van der Waals surface area contributed by atoms with Crippen molar-refractivity contribution in [2.24, 2.45) is 0 Å². The molecule has 1 aliphatic rings. The molecule has 0 atom stereocenters. The zero-order chi connectivity index (χ0) is 20.8. The van der Waals surface area contributed by atoms with E-state index in [4.69, 9.17) is 0 Å². The highest BCUT2D eigenvalue weighted by Crippen LogP contribution is 2.36. The van der Waals surface area contributed by atoms with E-state index in [1.165, 1.54) is 50.0 Å². The molecule has 0 N–H and O–H groups in total. The van der Waals surface area contributed by atoms with Gasteiger partial charge in [-0.3, -0.25) is 0 Å². The summed E-state index contributed by atoms with van der Waals surface area (Å²) in [6, 6.07) is 22.3. The summed E-state index contributed by atoms with van der Waals surface area (Å²) < 4.78 is 2.37. The predicted octanol–water partition coefficient (Wildman–Crippen LogP) is 7.58. The first-order valence-corrected chi connectivity index (χ1v) is 10.5. The van der Waals surface area contributed by atoms with E-state index in [-0.39, 0.29) is 0 Å². The molecule has 0 radical (unpaired) electrons. The van der Waals surface area contributed by atoms with Crippen LogP contribution >= 0.6 is 0 Å². The fourth-order valence-electron chi connectivity index (χ4n) is 4.57. The molecule has 0 amide bonds. The Kier molecular flexibility index (Phi) is 4.36. The van der Waals surface area contributed by atoms with Gasteiger partial charge in [0.15, 0.2) is 0 Å². The third-order valence-corrected chi connectivity index (χ3v) is 6.05. The number of anilines is 1. The van der Waals surface area contributed by atoms with Crippen LogP contribution in [0.2, 0.25) is 0 Å². The normalized spacial score (nSPS) is 15.4. The van der Waals surface area contributed by atoms with Gasteiger partial charge in [0.05, 0.1) is 11.0 Å². The molecule has 0 spiro atoms. The molecular weight excluding hydrogens is 364 g/mol. The van der Waals surface area contributed by atoms with Gasteiger partial charge in [0.1, 0.15) is 0 Å². The van der Waals surface area contributed by atoms with Crippen LogP contribution in [0.1, 0.15) is 24.5 Å². The van der Waals surface area contributed by atoms with Crippen LogP contribution in [0.15, 0.2) is 96.9 Å². The van der Waals surface area contributed by atoms with E-state index in [1.54, 1.807) is 0 Å². The first-order valence-electron chi connectivity index (χ1n) is 10.5. The molecule has 0 unspecified atom stereocenters. The maximum absolute atomic E-state index is 3.99. The quantitative estimate of drug-likeness (QED) is 0.350. The van der Waals surface area contributed by atoms with E-state index in [1.807, 2.05) is 6.08 Å². The van der Waals surface area contributed by atoms with E-state index in [2.05, 4.69) is 110 Å². The van der Waals surface area contributed by atoms with Crippen molar-refractivity contribution in [2.75, 3.05) is 4.90 Å². The van der Waals surface area contributed by atoms with Crippen LogP contribution < -0.4 is 4.90 Å². The van der Waals surface area contributed by atoms with Gasteiger partial charge in [-0.25, -0.2) is 0 Å². The van der Waals surface area contributed by atoms with Crippen LogP contribution in [0.5, 0.6) is 0 Å². The first kappa shape index (κ1) is 18.5. The lowest BCUT2D eigenvalue weighted by atomic mass is 10.1. The molecule has 3 aromatic carbocycles. The zero-order valence-corrected chi connectivity index (χ0v) is 17.8. The van der Waals surface area contributed by atoms with E-state index in [0.717, 1.165) is 12.1 Å². The Hall–Kier alpha value is -3.52. The lowest BCUT2D eigenvalue weighted by Crippen LogP contribution is -2.15. The average molecular weight is 391 g/mol. The van der Waals surface area contributed by atoms with Crippen LogP contribution in [0, 0.1) is 13.8 Å². The summed E-state index contributed by atoms with van der Waals surface area (Å²) in [5.41, 5.74) is 9.86. The van der Waals surface area contributed by atoms with E-state index < -0.39 is 0 Å². The monoisotopic (exact) mass is 390 g/mol. The summed E-state index contributed by atoms with van der Waals surface area (Å²) in [4.78, 5) is 2.29. The molecule has 30 heavy (non-hydrogen) atoms. The number of hydrogen-bond acceptors (Lipinski definition) is 1. The first-order chi connectivity index (χ1) is 14.6. The topological polar surface area (TPSA) is 8.17 Å².